The molecule has 4 heterocycles. The molecule has 1 aliphatic carbocycles. The van der Waals surface area contributed by atoms with E-state index in [0.717, 1.165) is 35.5 Å². The number of fused-ring (bicyclic) bond motifs is 2. The number of hydrogen-bond donors (Lipinski definition) is 0. The SMILES string of the molecule is O=C1OCc2cccc3c2N1Cc1c(-c2noc(C4CC4)n2)ncn1-3. The Kier molecular flexibility index (Phi) is 2.35. The largest absolute Gasteiger partial charge is 0.444 e. The van der Waals surface area contributed by atoms with Gasteiger partial charge in [0.2, 0.25) is 11.7 Å². The number of cyclic esters (lactones) is 1. The van der Waals surface area contributed by atoms with Gasteiger partial charge in [0.1, 0.15) is 18.6 Å². The van der Waals surface area contributed by atoms with E-state index in [4.69, 9.17) is 9.26 Å². The summed E-state index contributed by atoms with van der Waals surface area (Å²) >= 11 is 0. The lowest BCUT2D eigenvalue weighted by atomic mass is 10.1. The summed E-state index contributed by atoms with van der Waals surface area (Å²) in [4.78, 5) is 22.9. The summed E-state index contributed by atoms with van der Waals surface area (Å²) < 4.78 is 12.6. The number of carbonyl (C=O) groups is 1. The third-order valence-corrected chi connectivity index (χ3v) is 4.95. The first-order valence-electron chi connectivity index (χ1n) is 8.26. The topological polar surface area (TPSA) is 86.3 Å². The van der Waals surface area contributed by atoms with Crippen molar-refractivity contribution in [2.24, 2.45) is 0 Å². The van der Waals surface area contributed by atoms with Gasteiger partial charge in [-0.15, -0.1) is 0 Å². The Balaban J connectivity index is 1.53. The number of imidazole rings is 1. The van der Waals surface area contributed by atoms with Crippen LogP contribution >= 0.6 is 0 Å². The molecule has 1 fully saturated rings. The molecule has 3 aliphatic rings. The van der Waals surface area contributed by atoms with Gasteiger partial charge < -0.3 is 9.26 Å². The minimum atomic E-state index is -0.342. The average Bonchev–Trinajstić information content (AvgIpc) is 3.21. The highest BCUT2D eigenvalue weighted by atomic mass is 16.6. The number of para-hydroxylation sites is 1. The molecular weight excluding hydrogens is 322 g/mol. The second-order valence-corrected chi connectivity index (χ2v) is 6.57. The molecule has 124 valence electrons. The third-order valence-electron chi connectivity index (χ3n) is 4.95. The highest BCUT2D eigenvalue weighted by molar-refractivity contribution is 5.94. The summed E-state index contributed by atoms with van der Waals surface area (Å²) in [7, 11) is 0. The fourth-order valence-electron chi connectivity index (χ4n) is 3.55. The summed E-state index contributed by atoms with van der Waals surface area (Å²) in [6.07, 6.45) is 3.60. The van der Waals surface area contributed by atoms with Crippen LogP contribution in [0.4, 0.5) is 10.5 Å². The lowest BCUT2D eigenvalue weighted by molar-refractivity contribution is 0.141. The zero-order valence-corrected chi connectivity index (χ0v) is 13.2. The van der Waals surface area contributed by atoms with E-state index in [1.807, 2.05) is 22.8 Å². The Bertz CT molecular complexity index is 1030. The second kappa shape index (κ2) is 4.47. The zero-order chi connectivity index (χ0) is 16.5. The van der Waals surface area contributed by atoms with Gasteiger partial charge in [-0.1, -0.05) is 17.3 Å². The Hall–Kier alpha value is -3.16. The van der Waals surface area contributed by atoms with Gasteiger partial charge in [0.25, 0.3) is 0 Å². The van der Waals surface area contributed by atoms with Gasteiger partial charge in [0.05, 0.1) is 23.6 Å². The van der Waals surface area contributed by atoms with E-state index in [2.05, 4.69) is 15.1 Å². The number of aromatic nitrogens is 4. The highest BCUT2D eigenvalue weighted by Gasteiger charge is 2.36. The number of benzene rings is 1. The molecule has 3 aromatic rings. The molecule has 1 saturated carbocycles. The monoisotopic (exact) mass is 335 g/mol. The van der Waals surface area contributed by atoms with Crippen molar-refractivity contribution in [2.75, 3.05) is 4.90 Å². The number of rotatable bonds is 2. The highest BCUT2D eigenvalue weighted by Crippen LogP contribution is 2.42. The molecule has 25 heavy (non-hydrogen) atoms. The molecule has 1 aromatic carbocycles. The minimum absolute atomic E-state index is 0.297. The van der Waals surface area contributed by atoms with Crippen LogP contribution in [0.1, 0.15) is 35.9 Å². The van der Waals surface area contributed by atoms with Crippen LogP contribution in [0.15, 0.2) is 29.0 Å². The van der Waals surface area contributed by atoms with Gasteiger partial charge >= 0.3 is 6.09 Å². The first kappa shape index (κ1) is 13.2. The second-order valence-electron chi connectivity index (χ2n) is 6.57. The van der Waals surface area contributed by atoms with Crippen LogP contribution in [-0.4, -0.2) is 25.8 Å². The van der Waals surface area contributed by atoms with Gasteiger partial charge in [-0.05, 0) is 18.9 Å². The summed E-state index contributed by atoms with van der Waals surface area (Å²) in [5.74, 6) is 1.54. The van der Waals surface area contributed by atoms with Crippen LogP contribution in [0.2, 0.25) is 0 Å². The fraction of sp³-hybridized carbons (Fsp3) is 0.294. The Labute approximate surface area is 142 Å². The quantitative estimate of drug-likeness (QED) is 0.716. The number of hydrogen-bond acceptors (Lipinski definition) is 6. The van der Waals surface area contributed by atoms with Crippen molar-refractivity contribution in [1.29, 1.82) is 0 Å². The van der Waals surface area contributed by atoms with Gasteiger partial charge in [-0.2, -0.15) is 4.98 Å². The third kappa shape index (κ3) is 1.76. The maximum absolute atomic E-state index is 12.3. The van der Waals surface area contributed by atoms with Crippen molar-refractivity contribution in [3.05, 3.63) is 41.7 Å². The standard InChI is InChI=1S/C17H13N5O3/c23-17-21-6-12-13(15-19-16(25-20-15)9-4-5-9)18-8-22(12)11-3-1-2-10(7-24-17)14(11)21/h1-3,8-9H,4-7H2. The predicted molar refractivity (Wildman–Crippen MR) is 85.2 cm³/mol. The number of anilines is 1. The molecule has 0 radical (unpaired) electrons. The van der Waals surface area contributed by atoms with E-state index in [1.54, 1.807) is 11.2 Å². The van der Waals surface area contributed by atoms with Crippen molar-refractivity contribution in [3.63, 3.8) is 0 Å². The number of carbonyl (C=O) groups excluding carboxylic acids is 1. The zero-order valence-electron chi connectivity index (χ0n) is 13.2. The molecule has 0 atom stereocenters. The van der Waals surface area contributed by atoms with Crippen LogP contribution in [-0.2, 0) is 17.9 Å². The molecule has 0 saturated heterocycles. The van der Waals surface area contributed by atoms with E-state index >= 15 is 0 Å². The van der Waals surface area contributed by atoms with E-state index in [1.165, 1.54) is 0 Å². The molecule has 0 spiro atoms. The Morgan fingerprint density at radius 3 is 3.04 bits per heavy atom. The van der Waals surface area contributed by atoms with Crippen LogP contribution in [0.5, 0.6) is 0 Å². The van der Waals surface area contributed by atoms with Crippen LogP contribution in [0.3, 0.4) is 0 Å². The van der Waals surface area contributed by atoms with Gasteiger partial charge in [-0.25, -0.2) is 9.78 Å². The van der Waals surface area contributed by atoms with Crippen LogP contribution in [0.25, 0.3) is 17.2 Å². The molecule has 8 heteroatoms. The van der Waals surface area contributed by atoms with E-state index in [9.17, 15) is 4.79 Å². The average molecular weight is 335 g/mol. The Morgan fingerprint density at radius 2 is 2.16 bits per heavy atom. The molecule has 0 bridgehead atoms. The van der Waals surface area contributed by atoms with E-state index < -0.39 is 0 Å². The van der Waals surface area contributed by atoms with Crippen LogP contribution in [0, 0.1) is 0 Å². The van der Waals surface area contributed by atoms with E-state index in [-0.39, 0.29) is 6.09 Å². The number of nitrogens with zero attached hydrogens (tertiary/aromatic N) is 5. The van der Waals surface area contributed by atoms with Gasteiger partial charge in [0.15, 0.2) is 0 Å². The molecule has 0 N–H and O–H groups in total. The Morgan fingerprint density at radius 1 is 1.24 bits per heavy atom. The summed E-state index contributed by atoms with van der Waals surface area (Å²) in [5, 5.41) is 4.09. The van der Waals surface area contributed by atoms with Crippen molar-refractivity contribution < 1.29 is 14.1 Å². The molecule has 0 unspecified atom stereocenters. The van der Waals surface area contributed by atoms with Gasteiger partial charge in [0, 0.05) is 11.5 Å². The molecule has 2 aliphatic heterocycles. The number of amides is 1. The van der Waals surface area contributed by atoms with Crippen LogP contribution < -0.4 is 4.90 Å². The molecular formula is C17H13N5O3. The predicted octanol–water partition coefficient (Wildman–Crippen LogP) is 2.77. The van der Waals surface area contributed by atoms with Crippen molar-refractivity contribution in [2.45, 2.75) is 31.9 Å². The van der Waals surface area contributed by atoms with Crippen molar-refractivity contribution >= 4 is 11.8 Å². The minimum Gasteiger partial charge on any atom is -0.444 e. The normalized spacial score (nSPS) is 17.9. The number of ether oxygens (including phenoxy) is 1. The first-order chi connectivity index (χ1) is 12.3. The molecule has 6 rings (SSSR count). The lowest BCUT2D eigenvalue weighted by Gasteiger charge is -2.34. The maximum Gasteiger partial charge on any atom is 0.415 e. The summed E-state index contributed by atoms with van der Waals surface area (Å²) in [6, 6.07) is 5.91. The smallest absolute Gasteiger partial charge is 0.415 e. The summed E-state index contributed by atoms with van der Waals surface area (Å²) in [5.41, 5.74) is 4.30. The fourth-order valence-corrected chi connectivity index (χ4v) is 3.55. The van der Waals surface area contributed by atoms with Crippen molar-refractivity contribution in [1.82, 2.24) is 19.7 Å². The lowest BCUT2D eigenvalue weighted by Crippen LogP contribution is -2.39. The molecule has 2 aromatic heterocycles. The maximum atomic E-state index is 12.3. The molecule has 8 nitrogen and oxygen atoms in total. The van der Waals surface area contributed by atoms with Crippen molar-refractivity contribution in [3.8, 4) is 17.2 Å². The van der Waals surface area contributed by atoms with Gasteiger partial charge in [-0.3, -0.25) is 9.47 Å². The summed E-state index contributed by atoms with van der Waals surface area (Å²) in [6.45, 7) is 0.663. The molecule has 1 amide bonds. The first-order valence-corrected chi connectivity index (χ1v) is 8.26. The van der Waals surface area contributed by atoms with E-state index in [0.29, 0.717) is 36.5 Å².